The van der Waals surface area contributed by atoms with Gasteiger partial charge >= 0.3 is 5.97 Å². The second-order valence-electron chi connectivity index (χ2n) is 6.59. The lowest BCUT2D eigenvalue weighted by molar-refractivity contribution is 0.0464. The van der Waals surface area contributed by atoms with Crippen molar-refractivity contribution in [3.05, 3.63) is 81.2 Å². The third-order valence-electron chi connectivity index (χ3n) is 4.37. The van der Waals surface area contributed by atoms with Crippen LogP contribution in [0.15, 0.2) is 64.2 Å². The number of hydrogen-bond acceptors (Lipinski definition) is 8. The van der Waals surface area contributed by atoms with Gasteiger partial charge in [0.05, 0.1) is 29.1 Å². The number of aromatic nitrogens is 2. The Bertz CT molecular complexity index is 1190. The van der Waals surface area contributed by atoms with Gasteiger partial charge in [-0.05, 0) is 31.2 Å². The van der Waals surface area contributed by atoms with Gasteiger partial charge in [0.2, 0.25) is 0 Å². The number of aryl methyl sites for hydroxylation is 1. The van der Waals surface area contributed by atoms with Gasteiger partial charge in [-0.3, -0.25) is 0 Å². The third kappa shape index (κ3) is 5.52. The lowest BCUT2D eigenvalue weighted by atomic mass is 10.2. The second-order valence-corrected chi connectivity index (χ2v) is 9.53. The molecule has 4 rings (SSSR count). The minimum absolute atomic E-state index is 0.129. The van der Waals surface area contributed by atoms with Gasteiger partial charge in [-0.2, -0.15) is 0 Å². The summed E-state index contributed by atoms with van der Waals surface area (Å²) >= 11 is 4.73. The summed E-state index contributed by atoms with van der Waals surface area (Å²) in [5.74, 6) is 1.14. The van der Waals surface area contributed by atoms with Crippen LogP contribution < -0.4 is 4.74 Å². The molecule has 0 bridgehead atoms. The summed E-state index contributed by atoms with van der Waals surface area (Å²) in [7, 11) is 1.64. The van der Waals surface area contributed by atoms with E-state index >= 15 is 0 Å². The molecule has 0 aliphatic carbocycles. The van der Waals surface area contributed by atoms with Crippen molar-refractivity contribution in [3.8, 4) is 16.3 Å². The summed E-state index contributed by atoms with van der Waals surface area (Å²) in [6.45, 7) is 2.12. The lowest BCUT2D eigenvalue weighted by Crippen LogP contribution is -2.07. The van der Waals surface area contributed by atoms with E-state index in [2.05, 4.69) is 9.97 Å². The van der Waals surface area contributed by atoms with Crippen LogP contribution in [0.3, 0.4) is 0 Å². The quantitative estimate of drug-likeness (QED) is 0.226. The molecule has 0 aliphatic rings. The number of benzene rings is 2. The van der Waals surface area contributed by atoms with E-state index in [9.17, 15) is 4.79 Å². The van der Waals surface area contributed by atoms with E-state index in [0.29, 0.717) is 11.3 Å². The summed E-state index contributed by atoms with van der Waals surface area (Å²) in [4.78, 5) is 22.7. The van der Waals surface area contributed by atoms with Crippen molar-refractivity contribution in [2.75, 3.05) is 7.11 Å². The molecule has 0 saturated carbocycles. The highest BCUT2D eigenvalue weighted by molar-refractivity contribution is 7.98. The molecule has 0 aliphatic heterocycles. The number of thiazole rings is 2. The standard InChI is InChI=1S/C23H20N2O3S3/c1-15-24-18(13-29-15)14-30-21-9-4-3-8-20(21)23(26)28-11-17-12-31-22(25-17)16-6-5-7-19(10-16)27-2/h3-10,12-13H,11,14H2,1-2H3. The van der Waals surface area contributed by atoms with Gasteiger partial charge < -0.3 is 9.47 Å². The molecule has 4 aromatic rings. The first-order chi connectivity index (χ1) is 15.1. The van der Waals surface area contributed by atoms with E-state index in [4.69, 9.17) is 9.47 Å². The van der Waals surface area contributed by atoms with Crippen LogP contribution in [0.4, 0.5) is 0 Å². The summed E-state index contributed by atoms with van der Waals surface area (Å²) < 4.78 is 10.8. The molecule has 0 radical (unpaired) electrons. The van der Waals surface area contributed by atoms with Crippen LogP contribution in [0.1, 0.15) is 26.8 Å². The van der Waals surface area contributed by atoms with Gasteiger partial charge in [-0.25, -0.2) is 14.8 Å². The van der Waals surface area contributed by atoms with E-state index < -0.39 is 0 Å². The molecule has 31 heavy (non-hydrogen) atoms. The average molecular weight is 469 g/mol. The maximum atomic E-state index is 12.7. The molecule has 0 atom stereocenters. The zero-order valence-electron chi connectivity index (χ0n) is 17.0. The molecule has 2 aromatic heterocycles. The topological polar surface area (TPSA) is 61.3 Å². The Morgan fingerprint density at radius 1 is 1.03 bits per heavy atom. The number of thioether (sulfide) groups is 1. The first kappa shape index (κ1) is 21.5. The molecule has 0 amide bonds. The molecule has 158 valence electrons. The van der Waals surface area contributed by atoms with Crippen LogP contribution in [0, 0.1) is 6.92 Å². The van der Waals surface area contributed by atoms with Crippen LogP contribution in [-0.2, 0) is 17.1 Å². The Morgan fingerprint density at radius 2 is 1.87 bits per heavy atom. The van der Waals surface area contributed by atoms with Crippen LogP contribution >= 0.6 is 34.4 Å². The van der Waals surface area contributed by atoms with Gasteiger partial charge in [-0.15, -0.1) is 34.4 Å². The van der Waals surface area contributed by atoms with Gasteiger partial charge in [0.1, 0.15) is 17.4 Å². The number of nitrogens with zero attached hydrogens (tertiary/aromatic N) is 2. The van der Waals surface area contributed by atoms with Gasteiger partial charge in [0, 0.05) is 27.0 Å². The fourth-order valence-corrected chi connectivity index (χ4v) is 5.32. The van der Waals surface area contributed by atoms with Crippen molar-refractivity contribution in [1.82, 2.24) is 9.97 Å². The summed E-state index contributed by atoms with van der Waals surface area (Å²) in [6.07, 6.45) is 0. The monoisotopic (exact) mass is 468 g/mol. The fourth-order valence-electron chi connectivity index (χ4n) is 2.87. The number of rotatable bonds is 8. The average Bonchev–Trinajstić information content (AvgIpc) is 3.45. The second kappa shape index (κ2) is 10.1. The number of hydrogen-bond donors (Lipinski definition) is 0. The summed E-state index contributed by atoms with van der Waals surface area (Å²) in [6, 6.07) is 15.2. The molecule has 0 fully saturated rings. The van der Waals surface area contributed by atoms with E-state index in [1.807, 2.05) is 60.1 Å². The maximum absolute atomic E-state index is 12.7. The first-order valence-corrected chi connectivity index (χ1v) is 12.3. The number of carbonyl (C=O) groups is 1. The Kier molecular flexibility index (Phi) is 7.01. The number of esters is 1. The van der Waals surface area contributed by atoms with Crippen molar-refractivity contribution >= 4 is 40.4 Å². The highest BCUT2D eigenvalue weighted by atomic mass is 32.2. The van der Waals surface area contributed by atoms with Crippen molar-refractivity contribution in [2.45, 2.75) is 24.2 Å². The molecule has 0 saturated heterocycles. The molecule has 2 heterocycles. The van der Waals surface area contributed by atoms with Crippen molar-refractivity contribution in [2.24, 2.45) is 0 Å². The predicted molar refractivity (Wildman–Crippen MR) is 126 cm³/mol. The van der Waals surface area contributed by atoms with E-state index in [0.717, 1.165) is 37.6 Å². The van der Waals surface area contributed by atoms with Gasteiger partial charge in [0.15, 0.2) is 0 Å². The Balaban J connectivity index is 1.39. The van der Waals surface area contributed by atoms with Gasteiger partial charge in [0.25, 0.3) is 0 Å². The Morgan fingerprint density at radius 3 is 2.68 bits per heavy atom. The van der Waals surface area contributed by atoms with E-state index in [1.54, 1.807) is 36.3 Å². The van der Waals surface area contributed by atoms with Crippen molar-refractivity contribution < 1.29 is 14.3 Å². The van der Waals surface area contributed by atoms with Crippen LogP contribution in [0.25, 0.3) is 10.6 Å². The number of carbonyl (C=O) groups excluding carboxylic acids is 1. The zero-order valence-corrected chi connectivity index (χ0v) is 19.5. The molecule has 8 heteroatoms. The highest BCUT2D eigenvalue weighted by Crippen LogP contribution is 2.29. The van der Waals surface area contributed by atoms with Crippen LogP contribution in [0.5, 0.6) is 5.75 Å². The Labute approximate surface area is 193 Å². The minimum atomic E-state index is -0.353. The molecule has 0 N–H and O–H groups in total. The van der Waals surface area contributed by atoms with E-state index in [-0.39, 0.29) is 12.6 Å². The first-order valence-electron chi connectivity index (χ1n) is 9.51. The van der Waals surface area contributed by atoms with Gasteiger partial charge in [-0.1, -0.05) is 24.3 Å². The largest absolute Gasteiger partial charge is 0.497 e. The third-order valence-corrected chi connectivity index (χ3v) is 7.24. The molecular weight excluding hydrogens is 448 g/mol. The SMILES string of the molecule is COc1cccc(-c2nc(COC(=O)c3ccccc3SCc3csc(C)n3)cs2)c1. The molecular formula is C23H20N2O3S3. The fraction of sp³-hybridized carbons (Fsp3) is 0.174. The molecule has 0 unspecified atom stereocenters. The minimum Gasteiger partial charge on any atom is -0.497 e. The lowest BCUT2D eigenvalue weighted by Gasteiger charge is -2.08. The highest BCUT2D eigenvalue weighted by Gasteiger charge is 2.15. The normalized spacial score (nSPS) is 10.8. The van der Waals surface area contributed by atoms with Crippen LogP contribution in [-0.4, -0.2) is 23.0 Å². The molecule has 2 aromatic carbocycles. The summed E-state index contributed by atoms with van der Waals surface area (Å²) in [5, 5.41) is 5.86. The maximum Gasteiger partial charge on any atom is 0.339 e. The Hall–Kier alpha value is -2.68. The molecule has 0 spiro atoms. The number of methoxy groups -OCH3 is 1. The zero-order chi connectivity index (χ0) is 21.6. The molecule has 5 nitrogen and oxygen atoms in total. The van der Waals surface area contributed by atoms with Crippen molar-refractivity contribution in [3.63, 3.8) is 0 Å². The summed E-state index contributed by atoms with van der Waals surface area (Å²) in [5.41, 5.74) is 3.27. The van der Waals surface area contributed by atoms with E-state index in [1.165, 1.54) is 11.3 Å². The van der Waals surface area contributed by atoms with Crippen LogP contribution in [0.2, 0.25) is 0 Å². The predicted octanol–water partition coefficient (Wildman–Crippen LogP) is 6.23. The number of ether oxygens (including phenoxy) is 2. The van der Waals surface area contributed by atoms with Crippen molar-refractivity contribution in [1.29, 1.82) is 0 Å². The smallest absolute Gasteiger partial charge is 0.339 e.